The van der Waals surface area contributed by atoms with Gasteiger partial charge in [-0.05, 0) is 38.9 Å². The van der Waals surface area contributed by atoms with E-state index >= 15 is 0 Å². The van der Waals surface area contributed by atoms with E-state index in [9.17, 15) is 4.79 Å². The quantitative estimate of drug-likeness (QED) is 0.698. The van der Waals surface area contributed by atoms with E-state index in [-0.39, 0.29) is 5.91 Å². The van der Waals surface area contributed by atoms with E-state index in [0.717, 1.165) is 45.4 Å². The molecular formula is C12H25N3O. The number of nitrogens with one attached hydrogen (secondary N) is 2. The molecule has 0 aromatic carbocycles. The van der Waals surface area contributed by atoms with Gasteiger partial charge in [-0.25, -0.2) is 0 Å². The lowest BCUT2D eigenvalue weighted by Gasteiger charge is -2.31. The third-order valence-electron chi connectivity index (χ3n) is 3.16. The van der Waals surface area contributed by atoms with Gasteiger partial charge in [0.1, 0.15) is 0 Å². The van der Waals surface area contributed by atoms with Crippen molar-refractivity contribution in [1.82, 2.24) is 15.5 Å². The minimum atomic E-state index is 0.125. The zero-order valence-electron chi connectivity index (χ0n) is 10.6. The predicted octanol–water partition coefficient (Wildman–Crippen LogP) is 0.587. The van der Waals surface area contributed by atoms with Crippen LogP contribution in [0.15, 0.2) is 0 Å². The van der Waals surface area contributed by atoms with Crippen molar-refractivity contribution in [1.29, 1.82) is 0 Å². The molecule has 1 heterocycles. The number of carbonyl (C=O) groups excluding carboxylic acids is 1. The minimum absolute atomic E-state index is 0.125. The number of amides is 1. The van der Waals surface area contributed by atoms with Crippen molar-refractivity contribution in [2.45, 2.75) is 39.2 Å². The van der Waals surface area contributed by atoms with Crippen LogP contribution in [0, 0.1) is 0 Å². The van der Waals surface area contributed by atoms with E-state index in [1.54, 1.807) is 0 Å². The average Bonchev–Trinajstić information content (AvgIpc) is 2.34. The van der Waals surface area contributed by atoms with Gasteiger partial charge in [0.15, 0.2) is 0 Å². The second kappa shape index (κ2) is 7.63. The molecule has 1 amide bonds. The SMILES string of the molecule is CCCNC(=O)CNC1CCN(CC)CC1. The molecule has 0 aromatic heterocycles. The minimum Gasteiger partial charge on any atom is -0.355 e. The number of likely N-dealkylation sites (tertiary alicyclic amines) is 1. The first-order chi connectivity index (χ1) is 7.76. The summed E-state index contributed by atoms with van der Waals surface area (Å²) >= 11 is 0. The van der Waals surface area contributed by atoms with Gasteiger partial charge in [-0.3, -0.25) is 4.79 Å². The standard InChI is InChI=1S/C12H25N3O/c1-3-7-13-12(16)10-14-11-5-8-15(4-2)9-6-11/h11,14H,3-10H2,1-2H3,(H,13,16). The molecule has 1 saturated heterocycles. The Hall–Kier alpha value is -0.610. The summed E-state index contributed by atoms with van der Waals surface area (Å²) in [6.07, 6.45) is 3.32. The molecule has 1 aliphatic heterocycles. The molecule has 0 atom stereocenters. The van der Waals surface area contributed by atoms with E-state index in [4.69, 9.17) is 0 Å². The van der Waals surface area contributed by atoms with Gasteiger partial charge in [0.05, 0.1) is 6.54 Å². The Morgan fingerprint density at radius 2 is 2.00 bits per heavy atom. The molecule has 16 heavy (non-hydrogen) atoms. The van der Waals surface area contributed by atoms with Crippen LogP contribution in [-0.2, 0) is 4.79 Å². The van der Waals surface area contributed by atoms with E-state index in [0.29, 0.717) is 12.6 Å². The van der Waals surface area contributed by atoms with Gasteiger partial charge in [-0.15, -0.1) is 0 Å². The van der Waals surface area contributed by atoms with Crippen LogP contribution in [0.1, 0.15) is 33.1 Å². The van der Waals surface area contributed by atoms with Gasteiger partial charge < -0.3 is 15.5 Å². The number of hydrogen-bond donors (Lipinski definition) is 2. The summed E-state index contributed by atoms with van der Waals surface area (Å²) in [6, 6.07) is 0.523. The molecule has 1 fully saturated rings. The molecule has 0 saturated carbocycles. The van der Waals surface area contributed by atoms with Gasteiger partial charge in [-0.1, -0.05) is 13.8 Å². The molecule has 1 aliphatic rings. The smallest absolute Gasteiger partial charge is 0.233 e. The average molecular weight is 227 g/mol. The lowest BCUT2D eigenvalue weighted by Crippen LogP contribution is -2.45. The summed E-state index contributed by atoms with van der Waals surface area (Å²) in [5.41, 5.74) is 0. The number of nitrogens with zero attached hydrogens (tertiary/aromatic N) is 1. The molecule has 1 rings (SSSR count). The first-order valence-corrected chi connectivity index (χ1v) is 6.48. The highest BCUT2D eigenvalue weighted by Crippen LogP contribution is 2.09. The second-order valence-electron chi connectivity index (χ2n) is 4.44. The van der Waals surface area contributed by atoms with Gasteiger partial charge in [0.2, 0.25) is 5.91 Å². The van der Waals surface area contributed by atoms with Crippen LogP contribution in [-0.4, -0.2) is 49.6 Å². The van der Waals surface area contributed by atoms with Crippen LogP contribution in [0.5, 0.6) is 0 Å². The van der Waals surface area contributed by atoms with Crippen molar-refractivity contribution < 1.29 is 4.79 Å². The number of hydrogen-bond acceptors (Lipinski definition) is 3. The van der Waals surface area contributed by atoms with Crippen molar-refractivity contribution in [3.05, 3.63) is 0 Å². The molecule has 0 unspecified atom stereocenters. The highest BCUT2D eigenvalue weighted by atomic mass is 16.1. The molecule has 0 bridgehead atoms. The van der Waals surface area contributed by atoms with Gasteiger partial charge in [0.25, 0.3) is 0 Å². The maximum Gasteiger partial charge on any atom is 0.233 e. The lowest BCUT2D eigenvalue weighted by atomic mass is 10.1. The van der Waals surface area contributed by atoms with Crippen molar-refractivity contribution in [2.24, 2.45) is 0 Å². The molecule has 94 valence electrons. The summed E-state index contributed by atoms with van der Waals surface area (Å²) in [6.45, 7) is 8.98. The molecule has 4 nitrogen and oxygen atoms in total. The summed E-state index contributed by atoms with van der Waals surface area (Å²) < 4.78 is 0. The molecule has 0 radical (unpaired) electrons. The summed E-state index contributed by atoms with van der Waals surface area (Å²) in [5.74, 6) is 0.125. The first kappa shape index (κ1) is 13.5. The number of piperidine rings is 1. The molecule has 0 spiro atoms. The van der Waals surface area contributed by atoms with Gasteiger partial charge >= 0.3 is 0 Å². The fourth-order valence-corrected chi connectivity index (χ4v) is 2.02. The van der Waals surface area contributed by atoms with Crippen LogP contribution >= 0.6 is 0 Å². The number of rotatable bonds is 6. The third kappa shape index (κ3) is 4.94. The topological polar surface area (TPSA) is 44.4 Å². The molecule has 2 N–H and O–H groups in total. The Kier molecular flexibility index (Phi) is 6.42. The van der Waals surface area contributed by atoms with Gasteiger partial charge in [-0.2, -0.15) is 0 Å². The zero-order chi connectivity index (χ0) is 11.8. The maximum absolute atomic E-state index is 11.4. The van der Waals surface area contributed by atoms with Gasteiger partial charge in [0, 0.05) is 12.6 Å². The van der Waals surface area contributed by atoms with E-state index in [1.165, 1.54) is 0 Å². The zero-order valence-corrected chi connectivity index (χ0v) is 10.6. The Balaban J connectivity index is 2.07. The second-order valence-corrected chi connectivity index (χ2v) is 4.44. The van der Waals surface area contributed by atoms with E-state index in [1.807, 2.05) is 0 Å². The summed E-state index contributed by atoms with van der Waals surface area (Å²) in [7, 11) is 0. The third-order valence-corrected chi connectivity index (χ3v) is 3.16. The molecule has 0 aromatic rings. The fourth-order valence-electron chi connectivity index (χ4n) is 2.02. The Bertz CT molecular complexity index is 200. The Morgan fingerprint density at radius 3 is 2.56 bits per heavy atom. The Labute approximate surface area is 98.8 Å². The predicted molar refractivity (Wildman–Crippen MR) is 66.4 cm³/mol. The maximum atomic E-state index is 11.4. The van der Waals surface area contributed by atoms with Crippen molar-refractivity contribution in [2.75, 3.05) is 32.7 Å². The van der Waals surface area contributed by atoms with Crippen molar-refractivity contribution >= 4 is 5.91 Å². The molecule has 0 aliphatic carbocycles. The van der Waals surface area contributed by atoms with Crippen molar-refractivity contribution in [3.63, 3.8) is 0 Å². The largest absolute Gasteiger partial charge is 0.355 e. The highest BCUT2D eigenvalue weighted by molar-refractivity contribution is 5.77. The monoisotopic (exact) mass is 227 g/mol. The van der Waals surface area contributed by atoms with E-state index in [2.05, 4.69) is 29.4 Å². The van der Waals surface area contributed by atoms with E-state index < -0.39 is 0 Å². The van der Waals surface area contributed by atoms with Crippen LogP contribution in [0.3, 0.4) is 0 Å². The van der Waals surface area contributed by atoms with Crippen LogP contribution in [0.2, 0.25) is 0 Å². The Morgan fingerprint density at radius 1 is 1.31 bits per heavy atom. The first-order valence-electron chi connectivity index (χ1n) is 6.48. The van der Waals surface area contributed by atoms with Crippen molar-refractivity contribution in [3.8, 4) is 0 Å². The molecular weight excluding hydrogens is 202 g/mol. The van der Waals surface area contributed by atoms with Crippen LogP contribution in [0.25, 0.3) is 0 Å². The van der Waals surface area contributed by atoms with Crippen LogP contribution < -0.4 is 10.6 Å². The summed E-state index contributed by atoms with van der Waals surface area (Å²) in [5, 5.41) is 6.22. The number of carbonyl (C=O) groups is 1. The van der Waals surface area contributed by atoms with Crippen LogP contribution in [0.4, 0.5) is 0 Å². The molecule has 4 heteroatoms. The normalized spacial score (nSPS) is 18.6. The highest BCUT2D eigenvalue weighted by Gasteiger charge is 2.17. The lowest BCUT2D eigenvalue weighted by molar-refractivity contribution is -0.120. The summed E-state index contributed by atoms with van der Waals surface area (Å²) in [4.78, 5) is 13.8. The fraction of sp³-hybridized carbons (Fsp3) is 0.917.